The van der Waals surface area contributed by atoms with Crippen LogP contribution < -0.4 is 10.5 Å². The Morgan fingerprint density at radius 1 is 1.00 bits per heavy atom. The minimum atomic E-state index is -1.00. The Labute approximate surface area is 221 Å². The predicted octanol–water partition coefficient (Wildman–Crippen LogP) is 3.05. The zero-order valence-corrected chi connectivity index (χ0v) is 22.0. The van der Waals surface area contributed by atoms with Crippen LogP contribution in [-0.4, -0.2) is 56.9 Å². The molecule has 2 aliphatic heterocycles. The molecule has 4 heterocycles. The largest absolute Gasteiger partial charge is 0.384 e. The fourth-order valence-corrected chi connectivity index (χ4v) is 6.11. The number of aryl methyl sites for hydroxylation is 1. The molecule has 0 spiro atoms. The topological polar surface area (TPSA) is 91.6 Å². The molecular weight excluding hydrogens is 490 g/mol. The fourth-order valence-electron chi connectivity index (χ4n) is 5.99. The smallest absolute Gasteiger partial charge is 0.266 e. The van der Waals surface area contributed by atoms with Crippen molar-refractivity contribution < 1.29 is 9.90 Å². The zero-order valence-electron chi connectivity index (χ0n) is 21.3. The maximum absolute atomic E-state index is 14.1. The van der Waals surface area contributed by atoms with Gasteiger partial charge in [-0.3, -0.25) is 14.6 Å². The average molecular weight is 522 g/mol. The van der Waals surface area contributed by atoms with Crippen LogP contribution in [-0.2, 0) is 17.4 Å². The number of hydrogen-bond donors (Lipinski definition) is 1. The van der Waals surface area contributed by atoms with Gasteiger partial charge in [0.1, 0.15) is 5.82 Å². The lowest BCUT2D eigenvalue weighted by atomic mass is 9.70. The first-order valence-electron chi connectivity index (χ1n) is 12.7. The average Bonchev–Trinajstić information content (AvgIpc) is 3.34. The first-order chi connectivity index (χ1) is 17.7. The van der Waals surface area contributed by atoms with Crippen molar-refractivity contribution in [2.75, 3.05) is 31.1 Å². The summed E-state index contributed by atoms with van der Waals surface area (Å²) >= 11 is 6.09. The van der Waals surface area contributed by atoms with Gasteiger partial charge in [0, 0.05) is 68.9 Å². The Balaban J connectivity index is 1.42. The molecule has 0 radical (unpaired) electrons. The van der Waals surface area contributed by atoms with Gasteiger partial charge in [-0.1, -0.05) is 55.8 Å². The van der Waals surface area contributed by atoms with Gasteiger partial charge < -0.3 is 14.9 Å². The molecule has 0 aliphatic carbocycles. The summed E-state index contributed by atoms with van der Waals surface area (Å²) in [6.45, 7) is 5.95. The second-order valence-corrected chi connectivity index (χ2v) is 10.8. The van der Waals surface area contributed by atoms with Crippen LogP contribution in [0.15, 0.2) is 65.6 Å². The number of hydrogen-bond acceptors (Lipinski definition) is 6. The van der Waals surface area contributed by atoms with Crippen molar-refractivity contribution in [3.8, 4) is 0 Å². The van der Waals surface area contributed by atoms with Gasteiger partial charge >= 0.3 is 0 Å². The van der Waals surface area contributed by atoms with E-state index in [2.05, 4.69) is 10.1 Å². The molecule has 0 bridgehead atoms. The van der Waals surface area contributed by atoms with Crippen molar-refractivity contribution in [1.29, 1.82) is 0 Å². The molecule has 194 valence electrons. The first kappa shape index (κ1) is 25.4. The third-order valence-electron chi connectivity index (χ3n) is 8.08. The molecule has 2 fully saturated rings. The number of benzene rings is 1. The summed E-state index contributed by atoms with van der Waals surface area (Å²) < 4.78 is 1.30. The number of aliphatic hydroxyl groups is 1. The molecule has 1 amide bonds. The molecule has 0 saturated carbocycles. The van der Waals surface area contributed by atoms with E-state index in [4.69, 9.17) is 11.6 Å². The number of amides is 1. The second-order valence-electron chi connectivity index (χ2n) is 10.4. The molecule has 8 nitrogen and oxygen atoms in total. The number of piperidine rings is 1. The summed E-state index contributed by atoms with van der Waals surface area (Å²) in [6, 6.07) is 16.6. The van der Waals surface area contributed by atoms with Crippen molar-refractivity contribution in [1.82, 2.24) is 19.7 Å². The highest BCUT2D eigenvalue weighted by atomic mass is 35.5. The van der Waals surface area contributed by atoms with Crippen LogP contribution in [0.25, 0.3) is 0 Å². The number of nitrogens with zero attached hydrogens (tertiary/aromatic N) is 5. The van der Waals surface area contributed by atoms with Gasteiger partial charge in [0.25, 0.3) is 5.56 Å². The number of anilines is 1. The van der Waals surface area contributed by atoms with E-state index >= 15 is 0 Å². The summed E-state index contributed by atoms with van der Waals surface area (Å²) in [4.78, 5) is 34.4. The van der Waals surface area contributed by atoms with Crippen LogP contribution in [0.5, 0.6) is 0 Å². The van der Waals surface area contributed by atoms with E-state index in [1.165, 1.54) is 10.7 Å². The van der Waals surface area contributed by atoms with Crippen LogP contribution in [0.4, 0.5) is 5.82 Å². The summed E-state index contributed by atoms with van der Waals surface area (Å²) in [7, 11) is 1.62. The number of carbonyl (C=O) groups excluding carboxylic acids is 1. The lowest BCUT2D eigenvalue weighted by Gasteiger charge is -2.48. The summed E-state index contributed by atoms with van der Waals surface area (Å²) in [5, 5.41) is 16.7. The molecule has 9 heteroatoms. The third-order valence-corrected chi connectivity index (χ3v) is 8.30. The van der Waals surface area contributed by atoms with E-state index in [1.807, 2.05) is 60.0 Å². The van der Waals surface area contributed by atoms with E-state index < -0.39 is 5.60 Å². The fraction of sp³-hybridized carbons (Fsp3) is 0.429. The SMILES string of the molecule is C[C@@H]1CN(C(=O)[C@H]2CN(c3ccc(=O)n(C)n3)C[C@H]2c2ccc(Cl)cn2)C[C@H](C)C1(O)c1ccccc1. The minimum absolute atomic E-state index is 0.0443. The number of pyridine rings is 1. The van der Waals surface area contributed by atoms with Gasteiger partial charge in [0.05, 0.1) is 16.5 Å². The summed E-state index contributed by atoms with van der Waals surface area (Å²) in [6.07, 6.45) is 1.61. The van der Waals surface area contributed by atoms with Crippen LogP contribution in [0.2, 0.25) is 5.02 Å². The van der Waals surface area contributed by atoms with Crippen molar-refractivity contribution >= 4 is 23.3 Å². The lowest BCUT2D eigenvalue weighted by Crippen LogP contribution is -2.57. The minimum Gasteiger partial charge on any atom is -0.384 e. The highest BCUT2D eigenvalue weighted by Crippen LogP contribution is 2.43. The highest BCUT2D eigenvalue weighted by molar-refractivity contribution is 6.30. The molecule has 3 aromatic rings. The molecule has 2 saturated heterocycles. The Kier molecular flexibility index (Phi) is 6.81. The van der Waals surface area contributed by atoms with Gasteiger partial charge in [0.15, 0.2) is 0 Å². The van der Waals surface area contributed by atoms with Crippen molar-refractivity contribution in [2.45, 2.75) is 25.4 Å². The summed E-state index contributed by atoms with van der Waals surface area (Å²) in [5.41, 5.74) is 0.496. The van der Waals surface area contributed by atoms with Gasteiger partial charge in [-0.2, -0.15) is 5.10 Å². The maximum atomic E-state index is 14.1. The molecule has 1 N–H and O–H groups in total. The second kappa shape index (κ2) is 9.91. The van der Waals surface area contributed by atoms with E-state index in [0.717, 1.165) is 11.3 Å². The van der Waals surface area contributed by atoms with Gasteiger partial charge in [-0.15, -0.1) is 0 Å². The molecule has 1 unspecified atom stereocenters. The van der Waals surface area contributed by atoms with Crippen LogP contribution in [0, 0.1) is 17.8 Å². The molecule has 5 atom stereocenters. The van der Waals surface area contributed by atoms with E-state index in [9.17, 15) is 14.7 Å². The van der Waals surface area contributed by atoms with Crippen LogP contribution in [0.1, 0.15) is 31.0 Å². The normalized spacial score (nSPS) is 27.9. The molecule has 2 aliphatic rings. The number of carbonyl (C=O) groups is 1. The highest BCUT2D eigenvalue weighted by Gasteiger charge is 2.49. The van der Waals surface area contributed by atoms with Crippen molar-refractivity contribution in [3.05, 3.63) is 87.4 Å². The number of likely N-dealkylation sites (tertiary alicyclic amines) is 1. The van der Waals surface area contributed by atoms with Crippen LogP contribution >= 0.6 is 11.6 Å². The summed E-state index contributed by atoms with van der Waals surface area (Å²) in [5.74, 6) is -0.104. The van der Waals surface area contributed by atoms with Gasteiger partial charge in [-0.25, -0.2) is 4.68 Å². The quantitative estimate of drug-likeness (QED) is 0.567. The number of aromatic nitrogens is 3. The van der Waals surface area contributed by atoms with E-state index in [-0.39, 0.29) is 35.1 Å². The Bertz CT molecular complexity index is 1320. The Morgan fingerprint density at radius 2 is 1.70 bits per heavy atom. The monoisotopic (exact) mass is 521 g/mol. The predicted molar refractivity (Wildman–Crippen MR) is 142 cm³/mol. The molecule has 2 aromatic heterocycles. The Hall–Kier alpha value is -3.23. The van der Waals surface area contributed by atoms with Crippen molar-refractivity contribution in [3.63, 3.8) is 0 Å². The number of rotatable bonds is 4. The van der Waals surface area contributed by atoms with E-state index in [0.29, 0.717) is 37.0 Å². The molecule has 1 aromatic carbocycles. The number of halogens is 1. The first-order valence-corrected chi connectivity index (χ1v) is 13.0. The lowest BCUT2D eigenvalue weighted by molar-refractivity contribution is -0.152. The van der Waals surface area contributed by atoms with Gasteiger partial charge in [0.2, 0.25) is 5.91 Å². The van der Waals surface area contributed by atoms with Crippen molar-refractivity contribution in [2.24, 2.45) is 24.8 Å². The van der Waals surface area contributed by atoms with Crippen LogP contribution in [0.3, 0.4) is 0 Å². The molecule has 37 heavy (non-hydrogen) atoms. The zero-order chi connectivity index (χ0) is 26.3. The van der Waals surface area contributed by atoms with Gasteiger partial charge in [-0.05, 0) is 23.8 Å². The van der Waals surface area contributed by atoms with E-state index in [1.54, 1.807) is 25.4 Å². The molecule has 5 rings (SSSR count). The Morgan fingerprint density at radius 3 is 2.32 bits per heavy atom. The standard InChI is InChI=1S/C28H32ClN5O3/c1-18-14-34(15-19(2)28(18,37)20-7-5-4-6-8-20)27(36)23-17-33(25-11-12-26(35)32(3)31-25)16-22(23)24-10-9-21(29)13-30-24/h4-13,18-19,22-23,37H,14-17H2,1-3H3/t18-,19+,22-,23+,28?/m1/s1. The molecular formula is C28H32ClN5O3. The maximum Gasteiger partial charge on any atom is 0.266 e. The third kappa shape index (κ3) is 4.64.